The van der Waals surface area contributed by atoms with E-state index in [0.717, 1.165) is 13.1 Å². The Morgan fingerprint density at radius 1 is 1.24 bits per heavy atom. The zero-order valence-corrected chi connectivity index (χ0v) is 15.3. The van der Waals surface area contributed by atoms with E-state index < -0.39 is 6.04 Å². The molecule has 3 N–H and O–H groups in total. The van der Waals surface area contributed by atoms with Gasteiger partial charge in [0.25, 0.3) is 0 Å². The molecular weight excluding hydrogens is 323 g/mol. The molecule has 2 aliphatic rings. The maximum absolute atomic E-state index is 12.9. The third-order valence-corrected chi connectivity index (χ3v) is 3.75. The Hall–Kier alpha value is -1.99. The number of nitrogens with zero attached hydrogens (tertiary/aromatic N) is 1. The maximum atomic E-state index is 12.9. The molecule has 6 nitrogen and oxygen atoms in total. The number of imide groups is 1. The molecule has 1 atom stereocenters. The van der Waals surface area contributed by atoms with Crippen molar-refractivity contribution >= 4 is 17.5 Å². The van der Waals surface area contributed by atoms with Crippen LogP contribution in [0.25, 0.3) is 0 Å². The summed E-state index contributed by atoms with van der Waals surface area (Å²) in [6.07, 6.45) is 0.736. The standard InChI is InChI=1S/C11H11FN2O2.C5H12N2.C2H6.2H2/c12-7-2-1-3-8(6-7)13-9-4-5-10(15)14-11(9)16;1-7-4-2-6-3-5-7;1-2;;/h1-3,6,9,13H,4-5H2,(H,14,15,16);6H,2-5H2,1H3;1-2H3;2*1H. The average molecular weight is 356 g/mol. The molecule has 2 fully saturated rings. The minimum Gasteiger partial charge on any atom is -0.374 e. The molecule has 3 rings (SSSR count). The van der Waals surface area contributed by atoms with Crippen LogP contribution >= 0.6 is 0 Å². The number of likely N-dealkylation sites (N-methyl/N-ethyl adjacent to an activating group) is 1. The van der Waals surface area contributed by atoms with Crippen molar-refractivity contribution in [3.63, 3.8) is 0 Å². The molecule has 0 spiro atoms. The summed E-state index contributed by atoms with van der Waals surface area (Å²) in [7, 11) is 2.15. The highest BCUT2D eigenvalue weighted by Crippen LogP contribution is 2.14. The molecule has 7 heteroatoms. The second-order valence-corrected chi connectivity index (χ2v) is 5.71. The number of piperidine rings is 1. The molecule has 1 unspecified atom stereocenters. The minimum absolute atomic E-state index is 0. The van der Waals surface area contributed by atoms with Gasteiger partial charge in [-0.1, -0.05) is 19.9 Å². The van der Waals surface area contributed by atoms with Crippen LogP contribution in [-0.4, -0.2) is 56.0 Å². The number of amides is 2. The number of halogens is 1. The van der Waals surface area contributed by atoms with Gasteiger partial charge in [0.1, 0.15) is 11.9 Å². The van der Waals surface area contributed by atoms with Crippen molar-refractivity contribution in [3.8, 4) is 0 Å². The number of anilines is 1. The number of nitrogens with one attached hydrogen (secondary N) is 3. The van der Waals surface area contributed by atoms with Crippen molar-refractivity contribution in [2.24, 2.45) is 0 Å². The highest BCUT2D eigenvalue weighted by atomic mass is 19.1. The number of piperazine rings is 1. The lowest BCUT2D eigenvalue weighted by molar-refractivity contribution is -0.133. The predicted molar refractivity (Wildman–Crippen MR) is 102 cm³/mol. The lowest BCUT2D eigenvalue weighted by Crippen LogP contribution is -2.47. The van der Waals surface area contributed by atoms with Gasteiger partial charge in [-0.05, 0) is 31.7 Å². The fraction of sp³-hybridized carbons (Fsp3) is 0.556. The molecule has 0 saturated carbocycles. The summed E-state index contributed by atoms with van der Waals surface area (Å²) in [5.74, 6) is -0.986. The van der Waals surface area contributed by atoms with Gasteiger partial charge in [0.15, 0.2) is 0 Å². The van der Waals surface area contributed by atoms with Crippen LogP contribution in [0.15, 0.2) is 24.3 Å². The SMILES string of the molecule is CC.CN1CCNCC1.O=C1CCC(Nc2cccc(F)c2)C(=O)N1.[HH].[HH]. The Morgan fingerprint density at radius 3 is 2.44 bits per heavy atom. The van der Waals surface area contributed by atoms with Gasteiger partial charge in [-0.2, -0.15) is 0 Å². The van der Waals surface area contributed by atoms with Crippen molar-refractivity contribution < 1.29 is 16.8 Å². The topological polar surface area (TPSA) is 73.5 Å². The van der Waals surface area contributed by atoms with Crippen LogP contribution < -0.4 is 16.0 Å². The second-order valence-electron chi connectivity index (χ2n) is 5.71. The highest BCUT2D eigenvalue weighted by Gasteiger charge is 2.26. The molecule has 2 heterocycles. The van der Waals surface area contributed by atoms with Crippen LogP contribution in [0.2, 0.25) is 0 Å². The Balaban J connectivity index is 0. The van der Waals surface area contributed by atoms with Gasteiger partial charge in [0.05, 0.1) is 0 Å². The monoisotopic (exact) mass is 356 g/mol. The molecule has 0 aliphatic carbocycles. The first-order valence-corrected chi connectivity index (χ1v) is 8.79. The van der Waals surface area contributed by atoms with E-state index in [-0.39, 0.29) is 20.5 Å². The van der Waals surface area contributed by atoms with Gasteiger partial charge >= 0.3 is 0 Å². The van der Waals surface area contributed by atoms with Crippen LogP contribution in [-0.2, 0) is 9.59 Å². The molecule has 25 heavy (non-hydrogen) atoms. The van der Waals surface area contributed by atoms with Gasteiger partial charge in [0.2, 0.25) is 11.8 Å². The molecule has 0 aromatic heterocycles. The maximum Gasteiger partial charge on any atom is 0.249 e. The van der Waals surface area contributed by atoms with Gasteiger partial charge in [-0.3, -0.25) is 14.9 Å². The summed E-state index contributed by atoms with van der Waals surface area (Å²) in [5, 5.41) is 8.39. The minimum atomic E-state index is -0.473. The number of hydrogen-bond donors (Lipinski definition) is 3. The number of rotatable bonds is 2. The molecule has 1 aromatic carbocycles. The van der Waals surface area contributed by atoms with E-state index in [9.17, 15) is 14.0 Å². The van der Waals surface area contributed by atoms with E-state index in [2.05, 4.69) is 27.9 Å². The summed E-state index contributed by atoms with van der Waals surface area (Å²) >= 11 is 0. The summed E-state index contributed by atoms with van der Waals surface area (Å²) in [4.78, 5) is 24.6. The second kappa shape index (κ2) is 11.5. The largest absolute Gasteiger partial charge is 0.374 e. The molecule has 2 aliphatic heterocycles. The summed E-state index contributed by atoms with van der Waals surface area (Å²) in [5.41, 5.74) is 0.537. The molecule has 1 aromatic rings. The van der Waals surface area contributed by atoms with Gasteiger partial charge in [-0.15, -0.1) is 0 Å². The van der Waals surface area contributed by atoms with Crippen molar-refractivity contribution in [1.82, 2.24) is 15.5 Å². The Morgan fingerprint density at radius 2 is 1.92 bits per heavy atom. The van der Waals surface area contributed by atoms with Crippen molar-refractivity contribution in [2.75, 3.05) is 38.5 Å². The van der Waals surface area contributed by atoms with Crippen LogP contribution in [0.5, 0.6) is 0 Å². The third kappa shape index (κ3) is 8.09. The molecule has 2 amide bonds. The number of benzene rings is 1. The number of carbonyl (C=O) groups is 2. The number of carbonyl (C=O) groups excluding carboxylic acids is 2. The highest BCUT2D eigenvalue weighted by molar-refractivity contribution is 6.01. The van der Waals surface area contributed by atoms with E-state index in [1.165, 1.54) is 25.2 Å². The van der Waals surface area contributed by atoms with Crippen molar-refractivity contribution in [2.45, 2.75) is 32.7 Å². The van der Waals surface area contributed by atoms with E-state index in [1.807, 2.05) is 13.8 Å². The molecule has 0 bridgehead atoms. The quantitative estimate of drug-likeness (QED) is 0.708. The average Bonchev–Trinajstić information content (AvgIpc) is 2.61. The third-order valence-electron chi connectivity index (χ3n) is 3.75. The normalized spacial score (nSPS) is 20.4. The van der Waals surface area contributed by atoms with Crippen LogP contribution in [0.3, 0.4) is 0 Å². The fourth-order valence-electron chi connectivity index (χ4n) is 2.39. The van der Waals surface area contributed by atoms with E-state index in [1.54, 1.807) is 12.1 Å². The van der Waals surface area contributed by atoms with Crippen LogP contribution in [0.4, 0.5) is 10.1 Å². The van der Waals surface area contributed by atoms with Gasteiger partial charge in [0, 0.05) is 41.1 Å². The van der Waals surface area contributed by atoms with Crippen molar-refractivity contribution in [3.05, 3.63) is 30.1 Å². The summed E-state index contributed by atoms with van der Waals surface area (Å²) in [6.45, 7) is 8.74. The molecular formula is C18H33FN4O2. The zero-order chi connectivity index (χ0) is 18.7. The van der Waals surface area contributed by atoms with Crippen molar-refractivity contribution in [1.29, 1.82) is 0 Å². The lowest BCUT2D eigenvalue weighted by Gasteiger charge is -2.22. The first-order valence-electron chi connectivity index (χ1n) is 8.79. The van der Waals surface area contributed by atoms with Gasteiger partial charge < -0.3 is 15.5 Å². The Kier molecular flexibility index (Phi) is 9.72. The van der Waals surface area contributed by atoms with Crippen LogP contribution in [0.1, 0.15) is 29.5 Å². The summed E-state index contributed by atoms with van der Waals surface area (Å²) < 4.78 is 12.9. The molecule has 0 radical (unpaired) electrons. The van der Waals surface area contributed by atoms with Crippen LogP contribution in [0, 0.1) is 5.82 Å². The van der Waals surface area contributed by atoms with E-state index >= 15 is 0 Å². The summed E-state index contributed by atoms with van der Waals surface area (Å²) in [6, 6.07) is 5.40. The predicted octanol–water partition coefficient (Wildman–Crippen LogP) is 2.08. The van der Waals surface area contributed by atoms with E-state index in [4.69, 9.17) is 0 Å². The van der Waals surface area contributed by atoms with Gasteiger partial charge in [-0.25, -0.2) is 4.39 Å². The number of hydrogen-bond acceptors (Lipinski definition) is 5. The van der Waals surface area contributed by atoms with E-state index in [0.29, 0.717) is 18.5 Å². The fourth-order valence-corrected chi connectivity index (χ4v) is 2.39. The molecule has 2 saturated heterocycles. The molecule has 144 valence electrons. The smallest absolute Gasteiger partial charge is 0.249 e. The first-order chi connectivity index (χ1) is 12.0. The first kappa shape index (κ1) is 21.1. The Bertz CT molecular complexity index is 558. The Labute approximate surface area is 152 Å². The zero-order valence-electron chi connectivity index (χ0n) is 15.3. The lowest BCUT2D eigenvalue weighted by atomic mass is 10.1.